The first kappa shape index (κ1) is 24.8. The van der Waals surface area contributed by atoms with Crippen molar-refractivity contribution in [3.05, 3.63) is 69.4 Å². The van der Waals surface area contributed by atoms with Crippen molar-refractivity contribution in [3.8, 4) is 5.75 Å². The molecule has 33 heavy (non-hydrogen) atoms. The highest BCUT2D eigenvalue weighted by molar-refractivity contribution is 7.09. The highest BCUT2D eigenvalue weighted by Gasteiger charge is 2.32. The summed E-state index contributed by atoms with van der Waals surface area (Å²) >= 11 is 1.36. The van der Waals surface area contributed by atoms with Crippen molar-refractivity contribution in [1.82, 2.24) is 4.57 Å². The molecule has 3 aromatic rings. The van der Waals surface area contributed by atoms with Gasteiger partial charge in [0.2, 0.25) is 0 Å². The Hall–Kier alpha value is -2.81. The number of hydrogen-bond donors (Lipinski definition) is 0. The molecule has 5 nitrogen and oxygen atoms in total. The Kier molecular flexibility index (Phi) is 7.21. The molecule has 3 rings (SSSR count). The number of halogens is 3. The SMILES string of the molecule is CC(C)Cn1cc(C(C)(C)C)sc1=NC(=O)c1cc(C(F)(F)F)ccc1OCc1ccco1. The Morgan fingerprint density at radius 3 is 2.52 bits per heavy atom. The summed E-state index contributed by atoms with van der Waals surface area (Å²) in [6.07, 6.45) is -1.18. The van der Waals surface area contributed by atoms with Gasteiger partial charge in [-0.15, -0.1) is 11.3 Å². The number of nitrogens with zero attached hydrogens (tertiary/aromatic N) is 2. The lowest BCUT2D eigenvalue weighted by Gasteiger charge is -2.14. The third-order valence-electron chi connectivity index (χ3n) is 4.71. The summed E-state index contributed by atoms with van der Waals surface area (Å²) in [5, 5.41) is 0. The van der Waals surface area contributed by atoms with Crippen LogP contribution >= 0.6 is 11.3 Å². The number of ether oxygens (including phenoxy) is 1. The monoisotopic (exact) mass is 480 g/mol. The molecule has 0 aliphatic carbocycles. The topological polar surface area (TPSA) is 56.7 Å². The Morgan fingerprint density at radius 2 is 1.94 bits per heavy atom. The first-order valence-electron chi connectivity index (χ1n) is 10.5. The van der Waals surface area contributed by atoms with Crippen LogP contribution in [-0.4, -0.2) is 10.5 Å². The number of benzene rings is 1. The lowest BCUT2D eigenvalue weighted by atomic mass is 9.95. The molecule has 1 amide bonds. The summed E-state index contributed by atoms with van der Waals surface area (Å²) < 4.78 is 52.7. The largest absolute Gasteiger partial charge is 0.485 e. The minimum Gasteiger partial charge on any atom is -0.485 e. The van der Waals surface area contributed by atoms with E-state index in [9.17, 15) is 18.0 Å². The summed E-state index contributed by atoms with van der Waals surface area (Å²) in [6, 6.07) is 6.16. The summed E-state index contributed by atoms with van der Waals surface area (Å²) in [6.45, 7) is 10.8. The van der Waals surface area contributed by atoms with E-state index in [1.54, 1.807) is 12.1 Å². The number of aromatic nitrogens is 1. The zero-order valence-electron chi connectivity index (χ0n) is 19.2. The second-order valence-electron chi connectivity index (χ2n) is 9.17. The molecule has 0 unspecified atom stereocenters. The highest BCUT2D eigenvalue weighted by Crippen LogP contribution is 2.33. The molecule has 0 saturated carbocycles. The Morgan fingerprint density at radius 1 is 1.21 bits per heavy atom. The maximum absolute atomic E-state index is 13.3. The molecule has 1 aromatic carbocycles. The second-order valence-corrected chi connectivity index (χ2v) is 10.2. The minimum atomic E-state index is -4.60. The minimum absolute atomic E-state index is 0.0103. The fourth-order valence-corrected chi connectivity index (χ4v) is 4.08. The van der Waals surface area contributed by atoms with E-state index in [-0.39, 0.29) is 23.3 Å². The Balaban J connectivity index is 2.05. The van der Waals surface area contributed by atoms with Gasteiger partial charge in [0.25, 0.3) is 5.91 Å². The van der Waals surface area contributed by atoms with Crippen molar-refractivity contribution in [2.45, 2.75) is 59.4 Å². The third-order valence-corrected chi connectivity index (χ3v) is 6.15. The van der Waals surface area contributed by atoms with Crippen molar-refractivity contribution < 1.29 is 27.1 Å². The number of thiazole rings is 1. The van der Waals surface area contributed by atoms with E-state index >= 15 is 0 Å². The normalized spacial score (nSPS) is 13.1. The maximum Gasteiger partial charge on any atom is 0.416 e. The van der Waals surface area contributed by atoms with Crippen LogP contribution in [-0.2, 0) is 24.7 Å². The standard InChI is InChI=1S/C24H27F3N2O3S/c1-15(2)12-29-13-20(23(3,4)5)33-22(29)28-21(30)18-11-16(24(25,26)27)8-9-19(18)32-14-17-7-6-10-31-17/h6-11,13,15H,12,14H2,1-5H3. The molecular formula is C24H27F3N2O3S. The van der Waals surface area contributed by atoms with E-state index in [1.807, 2.05) is 24.6 Å². The smallest absolute Gasteiger partial charge is 0.416 e. The maximum atomic E-state index is 13.3. The average molecular weight is 481 g/mol. The van der Waals surface area contributed by atoms with Gasteiger partial charge in [-0.3, -0.25) is 4.79 Å². The molecule has 0 fully saturated rings. The fourth-order valence-electron chi connectivity index (χ4n) is 3.03. The predicted octanol–water partition coefficient (Wildman–Crippen LogP) is 6.44. The van der Waals surface area contributed by atoms with Gasteiger partial charge in [0, 0.05) is 17.6 Å². The van der Waals surface area contributed by atoms with E-state index < -0.39 is 17.6 Å². The van der Waals surface area contributed by atoms with Gasteiger partial charge >= 0.3 is 6.18 Å². The molecule has 2 heterocycles. The highest BCUT2D eigenvalue weighted by atomic mass is 32.1. The molecule has 0 bridgehead atoms. The molecule has 0 atom stereocenters. The van der Waals surface area contributed by atoms with Gasteiger partial charge in [0.1, 0.15) is 18.1 Å². The van der Waals surface area contributed by atoms with Gasteiger partial charge in [-0.1, -0.05) is 34.6 Å². The second kappa shape index (κ2) is 9.59. The Bertz CT molecular complexity index is 1170. The summed E-state index contributed by atoms with van der Waals surface area (Å²) in [5.74, 6) is -0.0122. The average Bonchev–Trinajstić information content (AvgIpc) is 3.35. The molecule has 0 saturated heterocycles. The van der Waals surface area contributed by atoms with Crippen LogP contribution in [0.25, 0.3) is 0 Å². The van der Waals surface area contributed by atoms with Crippen molar-refractivity contribution in [3.63, 3.8) is 0 Å². The first-order valence-corrected chi connectivity index (χ1v) is 11.3. The summed E-state index contributed by atoms with van der Waals surface area (Å²) in [5.41, 5.74) is -1.35. The van der Waals surface area contributed by atoms with Gasteiger partial charge < -0.3 is 13.7 Å². The van der Waals surface area contributed by atoms with E-state index in [1.165, 1.54) is 17.6 Å². The first-order chi connectivity index (χ1) is 15.3. The molecule has 178 valence electrons. The van der Waals surface area contributed by atoms with Crippen LogP contribution in [0.4, 0.5) is 13.2 Å². The van der Waals surface area contributed by atoms with E-state index in [0.717, 1.165) is 23.1 Å². The number of hydrogen-bond acceptors (Lipinski definition) is 4. The summed E-state index contributed by atoms with van der Waals surface area (Å²) in [4.78, 5) is 18.8. The number of carbonyl (C=O) groups excluding carboxylic acids is 1. The van der Waals surface area contributed by atoms with Crippen LogP contribution in [0.1, 0.15) is 61.2 Å². The van der Waals surface area contributed by atoms with Crippen LogP contribution in [0.15, 0.2) is 52.2 Å². The molecule has 0 radical (unpaired) electrons. The number of alkyl halides is 3. The van der Waals surface area contributed by atoms with Crippen molar-refractivity contribution >= 4 is 17.2 Å². The van der Waals surface area contributed by atoms with Crippen molar-refractivity contribution in [2.24, 2.45) is 10.9 Å². The Labute approximate surface area is 194 Å². The van der Waals surface area contributed by atoms with E-state index in [0.29, 0.717) is 23.0 Å². The van der Waals surface area contributed by atoms with Gasteiger partial charge in [-0.2, -0.15) is 18.2 Å². The van der Waals surface area contributed by atoms with Gasteiger partial charge in [-0.25, -0.2) is 0 Å². The molecule has 0 spiro atoms. The number of rotatable bonds is 6. The predicted molar refractivity (Wildman–Crippen MR) is 120 cm³/mol. The molecular weight excluding hydrogens is 453 g/mol. The zero-order valence-corrected chi connectivity index (χ0v) is 20.0. The number of furan rings is 1. The van der Waals surface area contributed by atoms with Crippen LogP contribution in [0.5, 0.6) is 5.75 Å². The molecule has 0 aliphatic heterocycles. The van der Waals surface area contributed by atoms with Crippen LogP contribution in [0.2, 0.25) is 0 Å². The molecule has 0 aliphatic rings. The van der Waals surface area contributed by atoms with Gasteiger partial charge in [0.15, 0.2) is 4.80 Å². The lowest BCUT2D eigenvalue weighted by molar-refractivity contribution is -0.137. The van der Waals surface area contributed by atoms with Crippen LogP contribution < -0.4 is 9.54 Å². The van der Waals surface area contributed by atoms with E-state index in [4.69, 9.17) is 9.15 Å². The summed E-state index contributed by atoms with van der Waals surface area (Å²) in [7, 11) is 0. The molecule has 2 aromatic heterocycles. The molecule has 9 heteroatoms. The third kappa shape index (κ3) is 6.37. The van der Waals surface area contributed by atoms with Gasteiger partial charge in [0.05, 0.1) is 17.4 Å². The quantitative estimate of drug-likeness (QED) is 0.408. The van der Waals surface area contributed by atoms with Crippen molar-refractivity contribution in [2.75, 3.05) is 0 Å². The lowest BCUT2D eigenvalue weighted by Crippen LogP contribution is -2.19. The van der Waals surface area contributed by atoms with Crippen molar-refractivity contribution in [1.29, 1.82) is 0 Å². The number of amides is 1. The van der Waals surface area contributed by atoms with E-state index in [2.05, 4.69) is 25.8 Å². The molecule has 0 N–H and O–H groups in total. The van der Waals surface area contributed by atoms with Crippen LogP contribution in [0.3, 0.4) is 0 Å². The van der Waals surface area contributed by atoms with Gasteiger partial charge in [-0.05, 0) is 41.7 Å². The van der Waals surface area contributed by atoms with Crippen LogP contribution in [0, 0.1) is 5.92 Å². The number of carbonyl (C=O) groups is 1. The fraction of sp³-hybridized carbons (Fsp3) is 0.417. The zero-order chi connectivity index (χ0) is 24.4.